The minimum atomic E-state index is -0.0710. The molecule has 1 aliphatic rings. The molecule has 1 heterocycles. The number of nitrogens with one attached hydrogen (secondary N) is 1. The van der Waals surface area contributed by atoms with Crippen LogP contribution in [0.15, 0.2) is 29.3 Å². The highest BCUT2D eigenvalue weighted by Crippen LogP contribution is 2.19. The quantitative estimate of drug-likeness (QED) is 0.508. The Hall–Kier alpha value is -2.24. The van der Waals surface area contributed by atoms with Gasteiger partial charge >= 0.3 is 5.97 Å². The van der Waals surface area contributed by atoms with Gasteiger partial charge in [-0.2, -0.15) is 0 Å². The summed E-state index contributed by atoms with van der Waals surface area (Å²) in [6.45, 7) is 4.62. The Bertz CT molecular complexity index is 549. The van der Waals surface area contributed by atoms with Gasteiger partial charge in [-0.1, -0.05) is 12.1 Å². The minimum absolute atomic E-state index is 0.0147. The second kappa shape index (κ2) is 9.15. The highest BCUT2D eigenvalue weighted by Gasteiger charge is 2.27. The second-order valence-corrected chi connectivity index (χ2v) is 5.76. The summed E-state index contributed by atoms with van der Waals surface area (Å²) in [5, 5.41) is 3.38. The number of ether oxygens (including phenoxy) is 2. The lowest BCUT2D eigenvalue weighted by Gasteiger charge is -2.33. The molecular formula is C18H27N3O3. The first-order valence-electron chi connectivity index (χ1n) is 8.43. The first-order chi connectivity index (χ1) is 11.7. The third-order valence-electron chi connectivity index (χ3n) is 4.24. The van der Waals surface area contributed by atoms with E-state index in [0.717, 1.165) is 37.6 Å². The molecule has 0 bridgehead atoms. The average Bonchev–Trinajstić information content (AvgIpc) is 2.63. The number of aliphatic imine (C=N–C) groups is 1. The van der Waals surface area contributed by atoms with Crippen molar-refractivity contribution in [1.82, 2.24) is 10.2 Å². The van der Waals surface area contributed by atoms with Crippen molar-refractivity contribution in [3.8, 4) is 5.75 Å². The molecule has 0 unspecified atom stereocenters. The number of piperidine rings is 1. The van der Waals surface area contributed by atoms with Crippen LogP contribution in [-0.2, 0) is 16.1 Å². The number of methoxy groups -OCH3 is 1. The summed E-state index contributed by atoms with van der Waals surface area (Å²) in [4.78, 5) is 18.4. The zero-order valence-electron chi connectivity index (χ0n) is 14.7. The molecule has 24 heavy (non-hydrogen) atoms. The molecule has 132 valence electrons. The van der Waals surface area contributed by atoms with Crippen LogP contribution in [0.4, 0.5) is 0 Å². The highest BCUT2D eigenvalue weighted by molar-refractivity contribution is 5.80. The van der Waals surface area contributed by atoms with Gasteiger partial charge in [0.2, 0.25) is 0 Å². The Morgan fingerprint density at radius 2 is 1.96 bits per heavy atom. The average molecular weight is 333 g/mol. The van der Waals surface area contributed by atoms with Crippen LogP contribution in [0.2, 0.25) is 0 Å². The Balaban J connectivity index is 1.83. The fourth-order valence-electron chi connectivity index (χ4n) is 2.84. The number of nitrogens with zero attached hydrogens (tertiary/aromatic N) is 2. The fourth-order valence-corrected chi connectivity index (χ4v) is 2.84. The van der Waals surface area contributed by atoms with Gasteiger partial charge in [-0.3, -0.25) is 9.79 Å². The van der Waals surface area contributed by atoms with Gasteiger partial charge in [0.25, 0.3) is 0 Å². The molecule has 1 aliphatic heterocycles. The van der Waals surface area contributed by atoms with Crippen molar-refractivity contribution in [2.24, 2.45) is 10.9 Å². The van der Waals surface area contributed by atoms with E-state index in [1.807, 2.05) is 31.2 Å². The first kappa shape index (κ1) is 18.1. The van der Waals surface area contributed by atoms with Crippen molar-refractivity contribution >= 4 is 11.9 Å². The van der Waals surface area contributed by atoms with E-state index < -0.39 is 0 Å². The maximum absolute atomic E-state index is 11.8. The molecular weight excluding hydrogens is 306 g/mol. The van der Waals surface area contributed by atoms with Crippen LogP contribution >= 0.6 is 0 Å². The van der Waals surface area contributed by atoms with E-state index in [0.29, 0.717) is 13.2 Å². The SMILES string of the molecule is CCOC(=O)C1CCN(C(=NC)NCc2ccc(OC)cc2)CC1. The number of carbonyl (C=O) groups is 1. The molecule has 1 N–H and O–H groups in total. The molecule has 0 radical (unpaired) electrons. The number of hydrogen-bond donors (Lipinski definition) is 1. The third kappa shape index (κ3) is 4.88. The normalized spacial score (nSPS) is 16.0. The molecule has 2 rings (SSSR count). The van der Waals surface area contributed by atoms with Gasteiger partial charge in [-0.05, 0) is 37.5 Å². The van der Waals surface area contributed by atoms with Crippen molar-refractivity contribution in [3.05, 3.63) is 29.8 Å². The number of rotatable bonds is 5. The van der Waals surface area contributed by atoms with Crippen molar-refractivity contribution in [2.45, 2.75) is 26.3 Å². The molecule has 0 aromatic heterocycles. The van der Waals surface area contributed by atoms with Crippen LogP contribution < -0.4 is 10.1 Å². The standard InChI is InChI=1S/C18H27N3O3/c1-4-24-17(22)15-9-11-21(12-10-15)18(19-2)20-13-14-5-7-16(23-3)8-6-14/h5-8,15H,4,9-13H2,1-3H3,(H,19,20). The molecule has 6 nitrogen and oxygen atoms in total. The van der Waals surface area contributed by atoms with Gasteiger partial charge in [0, 0.05) is 26.7 Å². The predicted molar refractivity (Wildman–Crippen MR) is 94.1 cm³/mol. The van der Waals surface area contributed by atoms with Crippen LogP contribution in [0.1, 0.15) is 25.3 Å². The molecule has 0 saturated carbocycles. The second-order valence-electron chi connectivity index (χ2n) is 5.76. The molecule has 1 aromatic carbocycles. The summed E-state index contributed by atoms with van der Waals surface area (Å²) in [7, 11) is 3.45. The Kier molecular flexibility index (Phi) is 6.90. The van der Waals surface area contributed by atoms with Crippen molar-refractivity contribution in [3.63, 3.8) is 0 Å². The molecule has 0 spiro atoms. The lowest BCUT2D eigenvalue weighted by atomic mass is 9.97. The van der Waals surface area contributed by atoms with E-state index in [2.05, 4.69) is 15.2 Å². The van der Waals surface area contributed by atoms with Gasteiger partial charge in [-0.15, -0.1) is 0 Å². The van der Waals surface area contributed by atoms with E-state index >= 15 is 0 Å². The van der Waals surface area contributed by atoms with Crippen LogP contribution in [-0.4, -0.2) is 50.7 Å². The van der Waals surface area contributed by atoms with Gasteiger partial charge in [-0.25, -0.2) is 0 Å². The Morgan fingerprint density at radius 1 is 1.29 bits per heavy atom. The number of carbonyl (C=O) groups excluding carboxylic acids is 1. The van der Waals surface area contributed by atoms with E-state index in [4.69, 9.17) is 9.47 Å². The minimum Gasteiger partial charge on any atom is -0.497 e. The third-order valence-corrected chi connectivity index (χ3v) is 4.24. The lowest BCUT2D eigenvalue weighted by molar-refractivity contribution is -0.149. The number of likely N-dealkylation sites (tertiary alicyclic amines) is 1. The van der Waals surface area contributed by atoms with E-state index in [-0.39, 0.29) is 11.9 Å². The molecule has 0 atom stereocenters. The van der Waals surface area contributed by atoms with Crippen molar-refractivity contribution in [1.29, 1.82) is 0 Å². The maximum Gasteiger partial charge on any atom is 0.309 e. The van der Waals surface area contributed by atoms with Gasteiger partial charge in [0.15, 0.2) is 5.96 Å². The lowest BCUT2D eigenvalue weighted by Crippen LogP contribution is -2.46. The molecule has 6 heteroatoms. The highest BCUT2D eigenvalue weighted by atomic mass is 16.5. The zero-order chi connectivity index (χ0) is 17.4. The summed E-state index contributed by atoms with van der Waals surface area (Å²) in [5.41, 5.74) is 1.17. The summed E-state index contributed by atoms with van der Waals surface area (Å²) in [6, 6.07) is 7.97. The molecule has 1 fully saturated rings. The molecule has 1 saturated heterocycles. The largest absolute Gasteiger partial charge is 0.497 e. The number of benzene rings is 1. The Morgan fingerprint density at radius 3 is 2.50 bits per heavy atom. The summed E-state index contributed by atoms with van der Waals surface area (Å²) >= 11 is 0. The van der Waals surface area contributed by atoms with Gasteiger partial charge < -0.3 is 19.7 Å². The van der Waals surface area contributed by atoms with Crippen LogP contribution in [0.3, 0.4) is 0 Å². The summed E-state index contributed by atoms with van der Waals surface area (Å²) in [6.07, 6.45) is 1.62. The number of hydrogen-bond acceptors (Lipinski definition) is 4. The van der Waals surface area contributed by atoms with Gasteiger partial charge in [0.1, 0.15) is 5.75 Å². The number of esters is 1. The van der Waals surface area contributed by atoms with E-state index in [9.17, 15) is 4.79 Å². The van der Waals surface area contributed by atoms with Crippen LogP contribution in [0.25, 0.3) is 0 Å². The van der Waals surface area contributed by atoms with Gasteiger partial charge in [0.05, 0.1) is 19.6 Å². The zero-order valence-corrected chi connectivity index (χ0v) is 14.7. The Labute approximate surface area is 143 Å². The van der Waals surface area contributed by atoms with Crippen LogP contribution in [0, 0.1) is 5.92 Å². The smallest absolute Gasteiger partial charge is 0.309 e. The maximum atomic E-state index is 11.8. The fraction of sp³-hybridized carbons (Fsp3) is 0.556. The van der Waals surface area contributed by atoms with Crippen LogP contribution in [0.5, 0.6) is 5.75 Å². The molecule has 1 aromatic rings. The summed E-state index contributed by atoms with van der Waals surface area (Å²) < 4.78 is 10.3. The monoisotopic (exact) mass is 333 g/mol. The van der Waals surface area contributed by atoms with E-state index in [1.54, 1.807) is 14.2 Å². The molecule has 0 aliphatic carbocycles. The number of guanidine groups is 1. The first-order valence-corrected chi connectivity index (χ1v) is 8.43. The summed E-state index contributed by atoms with van der Waals surface area (Å²) in [5.74, 6) is 1.66. The van der Waals surface area contributed by atoms with Crippen molar-refractivity contribution in [2.75, 3.05) is 33.9 Å². The van der Waals surface area contributed by atoms with Crippen molar-refractivity contribution < 1.29 is 14.3 Å². The van der Waals surface area contributed by atoms with E-state index in [1.165, 1.54) is 5.56 Å². The predicted octanol–water partition coefficient (Wildman–Crippen LogP) is 2.05. The molecule has 0 amide bonds. The topological polar surface area (TPSA) is 63.2 Å².